The molecule has 0 amide bonds. The van der Waals surface area contributed by atoms with Gasteiger partial charge in [0.05, 0.1) is 12.7 Å². The second-order valence-electron chi connectivity index (χ2n) is 3.65. The zero-order chi connectivity index (χ0) is 13.4. The molecule has 1 aromatic rings. The molecule has 0 aromatic heterocycles. The molecule has 0 aliphatic rings. The molecule has 3 nitrogen and oxygen atoms in total. The normalized spacial score (nSPS) is 10.6. The first-order valence-electron chi connectivity index (χ1n) is 5.62. The molecular formula is C14H16O3S. The van der Waals surface area contributed by atoms with Gasteiger partial charge in [-0.15, -0.1) is 0 Å². The molecule has 0 aliphatic heterocycles. The van der Waals surface area contributed by atoms with Gasteiger partial charge < -0.3 is 4.74 Å². The van der Waals surface area contributed by atoms with Gasteiger partial charge in [0, 0.05) is 12.7 Å². The summed E-state index contributed by atoms with van der Waals surface area (Å²) in [6.45, 7) is 1.56. The number of hydrogen-bond donors (Lipinski definition) is 0. The summed E-state index contributed by atoms with van der Waals surface area (Å²) in [4.78, 5) is 22.0. The van der Waals surface area contributed by atoms with Crippen LogP contribution in [-0.2, 0) is 9.53 Å². The van der Waals surface area contributed by atoms with Crippen molar-refractivity contribution >= 4 is 28.9 Å². The van der Waals surface area contributed by atoms with E-state index in [9.17, 15) is 9.59 Å². The molecule has 0 atom stereocenters. The Balaban J connectivity index is 2.54. The molecule has 0 spiro atoms. The van der Waals surface area contributed by atoms with E-state index in [4.69, 9.17) is 0 Å². The first-order chi connectivity index (χ1) is 8.63. The molecule has 0 heterocycles. The first-order valence-corrected chi connectivity index (χ1v) is 6.60. The fourth-order valence-corrected chi connectivity index (χ4v) is 1.92. The van der Waals surface area contributed by atoms with Crippen LogP contribution in [0.4, 0.5) is 0 Å². The summed E-state index contributed by atoms with van der Waals surface area (Å²) in [5.74, 6) is 0.445. The van der Waals surface area contributed by atoms with Crippen molar-refractivity contribution < 1.29 is 14.3 Å². The average Bonchev–Trinajstić information content (AvgIpc) is 2.37. The third-order valence-corrected chi connectivity index (χ3v) is 3.05. The lowest BCUT2D eigenvalue weighted by atomic mass is 10.1. The quantitative estimate of drug-likeness (QED) is 0.605. The lowest BCUT2D eigenvalue weighted by Gasteiger charge is -2.00. The SMILES string of the molecule is COC(=O)c1cccc(C=CCCSC(C)=O)c1. The van der Waals surface area contributed by atoms with Crippen LogP contribution in [0.3, 0.4) is 0 Å². The number of allylic oxidation sites excluding steroid dienone is 1. The van der Waals surface area contributed by atoms with Crippen LogP contribution in [0, 0.1) is 0 Å². The highest BCUT2D eigenvalue weighted by molar-refractivity contribution is 8.13. The van der Waals surface area contributed by atoms with Crippen LogP contribution in [0.2, 0.25) is 0 Å². The fraction of sp³-hybridized carbons (Fsp3) is 0.286. The molecule has 0 aliphatic carbocycles. The van der Waals surface area contributed by atoms with Crippen LogP contribution in [0.25, 0.3) is 6.08 Å². The Morgan fingerprint density at radius 1 is 1.39 bits per heavy atom. The van der Waals surface area contributed by atoms with Gasteiger partial charge >= 0.3 is 5.97 Å². The summed E-state index contributed by atoms with van der Waals surface area (Å²) in [5.41, 5.74) is 1.49. The topological polar surface area (TPSA) is 43.4 Å². The molecule has 0 N–H and O–H groups in total. The minimum Gasteiger partial charge on any atom is -0.465 e. The van der Waals surface area contributed by atoms with E-state index in [1.807, 2.05) is 24.3 Å². The summed E-state index contributed by atoms with van der Waals surface area (Å²) in [6, 6.07) is 7.23. The maximum absolute atomic E-state index is 11.3. The van der Waals surface area contributed by atoms with Crippen molar-refractivity contribution in [3.8, 4) is 0 Å². The van der Waals surface area contributed by atoms with Crippen LogP contribution >= 0.6 is 11.8 Å². The van der Waals surface area contributed by atoms with Gasteiger partial charge in [0.2, 0.25) is 0 Å². The number of esters is 1. The van der Waals surface area contributed by atoms with Gasteiger partial charge in [-0.3, -0.25) is 4.79 Å². The van der Waals surface area contributed by atoms with Crippen molar-refractivity contribution in [2.75, 3.05) is 12.9 Å². The van der Waals surface area contributed by atoms with Crippen LogP contribution < -0.4 is 0 Å². The molecule has 0 bridgehead atoms. The molecule has 0 unspecified atom stereocenters. The zero-order valence-electron chi connectivity index (χ0n) is 10.5. The van der Waals surface area contributed by atoms with Gasteiger partial charge in [-0.25, -0.2) is 4.79 Å². The molecule has 18 heavy (non-hydrogen) atoms. The Morgan fingerprint density at radius 3 is 2.83 bits per heavy atom. The first kappa shape index (κ1) is 14.5. The van der Waals surface area contributed by atoms with E-state index in [0.717, 1.165) is 17.7 Å². The maximum Gasteiger partial charge on any atom is 0.337 e. The second kappa shape index (κ2) is 7.71. The number of thioether (sulfide) groups is 1. The Bertz CT molecular complexity index is 452. The predicted molar refractivity (Wildman–Crippen MR) is 74.6 cm³/mol. The molecule has 0 saturated heterocycles. The maximum atomic E-state index is 11.3. The van der Waals surface area contributed by atoms with Gasteiger partial charge in [-0.05, 0) is 24.1 Å². The summed E-state index contributed by atoms with van der Waals surface area (Å²) in [6.07, 6.45) is 4.76. The van der Waals surface area contributed by atoms with Gasteiger partial charge in [0.1, 0.15) is 0 Å². The minimum absolute atomic E-state index is 0.135. The van der Waals surface area contributed by atoms with Crippen molar-refractivity contribution in [2.45, 2.75) is 13.3 Å². The van der Waals surface area contributed by atoms with Crippen LogP contribution in [0.5, 0.6) is 0 Å². The van der Waals surface area contributed by atoms with Crippen molar-refractivity contribution in [3.05, 3.63) is 41.5 Å². The van der Waals surface area contributed by atoms with E-state index in [-0.39, 0.29) is 11.1 Å². The van der Waals surface area contributed by atoms with Gasteiger partial charge in [0.25, 0.3) is 0 Å². The highest BCUT2D eigenvalue weighted by Crippen LogP contribution is 2.10. The summed E-state index contributed by atoms with van der Waals surface area (Å²) >= 11 is 1.31. The van der Waals surface area contributed by atoms with E-state index >= 15 is 0 Å². The average molecular weight is 264 g/mol. The molecule has 0 fully saturated rings. The Morgan fingerprint density at radius 2 is 2.17 bits per heavy atom. The molecule has 0 saturated carbocycles. The largest absolute Gasteiger partial charge is 0.465 e. The molecular weight excluding hydrogens is 248 g/mol. The smallest absolute Gasteiger partial charge is 0.337 e. The van der Waals surface area contributed by atoms with Crippen molar-refractivity contribution in [1.29, 1.82) is 0 Å². The summed E-state index contributed by atoms with van der Waals surface area (Å²) in [7, 11) is 1.36. The standard InChI is InChI=1S/C14H16O3S/c1-11(15)18-9-4-3-6-12-7-5-8-13(10-12)14(16)17-2/h3,5-8,10H,4,9H2,1-2H3. The summed E-state index contributed by atoms with van der Waals surface area (Å²) in [5, 5.41) is 0.135. The molecule has 1 rings (SSSR count). The Labute approximate surface area is 111 Å². The van der Waals surface area contributed by atoms with E-state index < -0.39 is 0 Å². The number of carbonyl (C=O) groups is 2. The van der Waals surface area contributed by atoms with Crippen LogP contribution in [0.1, 0.15) is 29.3 Å². The molecule has 4 heteroatoms. The van der Waals surface area contributed by atoms with Gasteiger partial charge in [-0.1, -0.05) is 36.0 Å². The van der Waals surface area contributed by atoms with Crippen molar-refractivity contribution in [3.63, 3.8) is 0 Å². The lowest BCUT2D eigenvalue weighted by Crippen LogP contribution is -2.00. The third-order valence-electron chi connectivity index (χ3n) is 2.21. The summed E-state index contributed by atoms with van der Waals surface area (Å²) < 4.78 is 4.66. The number of ether oxygens (including phenoxy) is 1. The highest BCUT2D eigenvalue weighted by atomic mass is 32.2. The highest BCUT2D eigenvalue weighted by Gasteiger charge is 2.03. The number of benzene rings is 1. The second-order valence-corrected chi connectivity index (χ2v) is 4.92. The van der Waals surface area contributed by atoms with Gasteiger partial charge in [0.15, 0.2) is 5.12 Å². The lowest BCUT2D eigenvalue weighted by molar-refractivity contribution is -0.109. The number of rotatable bonds is 5. The molecule has 0 radical (unpaired) electrons. The number of hydrogen-bond acceptors (Lipinski definition) is 4. The van der Waals surface area contributed by atoms with E-state index in [1.54, 1.807) is 19.1 Å². The van der Waals surface area contributed by atoms with Crippen LogP contribution in [-0.4, -0.2) is 23.9 Å². The monoisotopic (exact) mass is 264 g/mol. The third kappa shape index (κ3) is 5.19. The predicted octanol–water partition coefficient (Wildman–Crippen LogP) is 3.16. The van der Waals surface area contributed by atoms with Gasteiger partial charge in [-0.2, -0.15) is 0 Å². The van der Waals surface area contributed by atoms with E-state index in [2.05, 4.69) is 4.74 Å². The van der Waals surface area contributed by atoms with Crippen molar-refractivity contribution in [1.82, 2.24) is 0 Å². The Kier molecular flexibility index (Phi) is 6.22. The number of methoxy groups -OCH3 is 1. The molecule has 1 aromatic carbocycles. The van der Waals surface area contributed by atoms with Crippen molar-refractivity contribution in [2.24, 2.45) is 0 Å². The minimum atomic E-state index is -0.336. The van der Waals surface area contributed by atoms with E-state index in [1.165, 1.54) is 18.9 Å². The van der Waals surface area contributed by atoms with E-state index in [0.29, 0.717) is 5.56 Å². The number of carbonyl (C=O) groups excluding carboxylic acids is 2. The molecule has 96 valence electrons. The van der Waals surface area contributed by atoms with Crippen LogP contribution in [0.15, 0.2) is 30.3 Å². The Hall–Kier alpha value is -1.55. The zero-order valence-corrected chi connectivity index (χ0v) is 11.3. The fourth-order valence-electron chi connectivity index (χ4n) is 1.38.